The molecule has 1 atom stereocenters. The summed E-state index contributed by atoms with van der Waals surface area (Å²) in [4.78, 5) is 14.0. The van der Waals surface area contributed by atoms with E-state index in [2.05, 4.69) is 17.9 Å². The van der Waals surface area contributed by atoms with E-state index in [1.54, 1.807) is 0 Å². The van der Waals surface area contributed by atoms with E-state index in [9.17, 15) is 10.1 Å². The van der Waals surface area contributed by atoms with Crippen LogP contribution in [0.4, 0.5) is 5.69 Å². The lowest BCUT2D eigenvalue weighted by Gasteiger charge is -2.37. The fourth-order valence-electron chi connectivity index (χ4n) is 2.43. The quantitative estimate of drug-likeness (QED) is 0.839. The Kier molecular flexibility index (Phi) is 3.86. The van der Waals surface area contributed by atoms with Gasteiger partial charge in [-0.25, -0.2) is 0 Å². The summed E-state index contributed by atoms with van der Waals surface area (Å²) in [6.45, 7) is 0. The van der Waals surface area contributed by atoms with Crippen LogP contribution in [0.1, 0.15) is 11.7 Å². The summed E-state index contributed by atoms with van der Waals surface area (Å²) >= 11 is 4.43. The summed E-state index contributed by atoms with van der Waals surface area (Å²) in [5.41, 5.74) is 1.79. The van der Waals surface area contributed by atoms with Crippen LogP contribution < -0.4 is 10.2 Å². The second-order valence-corrected chi connectivity index (χ2v) is 5.23. The van der Waals surface area contributed by atoms with Crippen molar-refractivity contribution in [2.24, 2.45) is 0 Å². The molecule has 1 amide bonds. The minimum atomic E-state index is -0.409. The molecular formula is C17H13N3OS. The first-order valence-corrected chi connectivity index (χ1v) is 7.20. The Morgan fingerprint density at radius 3 is 2.23 bits per heavy atom. The maximum Gasteiger partial charge on any atom is 0.266 e. The molecule has 0 bridgehead atoms. The number of nitriles is 1. The van der Waals surface area contributed by atoms with Gasteiger partial charge in [0.2, 0.25) is 0 Å². The number of thiol groups is 1. The number of amides is 1. The third-order valence-corrected chi connectivity index (χ3v) is 3.91. The molecule has 1 aliphatic rings. The van der Waals surface area contributed by atoms with Crippen LogP contribution in [0.15, 0.2) is 71.3 Å². The number of hydrogen-bond acceptors (Lipinski definition) is 4. The number of nitrogens with one attached hydrogen (secondary N) is 1. The molecule has 0 radical (unpaired) electrons. The first-order valence-electron chi connectivity index (χ1n) is 6.76. The SMILES string of the molecule is N#CC1=C(S)N(c2ccccc2)[C@H](c2ccccc2)NC1=O. The van der Waals surface area contributed by atoms with Gasteiger partial charge in [0.1, 0.15) is 17.8 Å². The summed E-state index contributed by atoms with van der Waals surface area (Å²) in [6, 6.07) is 21.1. The predicted octanol–water partition coefficient (Wildman–Crippen LogP) is 2.99. The van der Waals surface area contributed by atoms with Crippen LogP contribution in [-0.2, 0) is 4.79 Å². The molecule has 0 fully saturated rings. The van der Waals surface area contributed by atoms with Crippen LogP contribution in [0.5, 0.6) is 0 Å². The fourth-order valence-corrected chi connectivity index (χ4v) is 2.82. The fraction of sp³-hybridized carbons (Fsp3) is 0.0588. The number of benzene rings is 2. The Hall–Kier alpha value is -2.71. The Balaban J connectivity index is 2.15. The van der Waals surface area contributed by atoms with Crippen molar-refractivity contribution in [2.45, 2.75) is 6.17 Å². The Morgan fingerprint density at radius 1 is 1.05 bits per heavy atom. The molecule has 0 spiro atoms. The zero-order chi connectivity index (χ0) is 15.5. The highest BCUT2D eigenvalue weighted by atomic mass is 32.1. The summed E-state index contributed by atoms with van der Waals surface area (Å²) < 4.78 is 0. The smallest absolute Gasteiger partial charge is 0.266 e. The van der Waals surface area contributed by atoms with E-state index >= 15 is 0 Å². The van der Waals surface area contributed by atoms with Gasteiger partial charge in [-0.2, -0.15) is 5.26 Å². The number of carbonyl (C=O) groups is 1. The minimum absolute atomic E-state index is 0.0133. The van der Waals surface area contributed by atoms with Gasteiger partial charge in [-0.1, -0.05) is 48.5 Å². The predicted molar refractivity (Wildman–Crippen MR) is 87.9 cm³/mol. The van der Waals surface area contributed by atoms with E-state index in [0.29, 0.717) is 5.03 Å². The van der Waals surface area contributed by atoms with Crippen molar-refractivity contribution in [1.82, 2.24) is 5.32 Å². The number of hydrogen-bond donors (Lipinski definition) is 2. The number of carbonyl (C=O) groups excluding carboxylic acids is 1. The third-order valence-electron chi connectivity index (χ3n) is 3.47. The average molecular weight is 307 g/mol. The van der Waals surface area contributed by atoms with Crippen LogP contribution in [-0.4, -0.2) is 5.91 Å². The van der Waals surface area contributed by atoms with Gasteiger partial charge in [0, 0.05) is 5.69 Å². The maximum absolute atomic E-state index is 12.1. The zero-order valence-corrected chi connectivity index (χ0v) is 12.5. The van der Waals surface area contributed by atoms with Crippen molar-refractivity contribution in [3.63, 3.8) is 0 Å². The molecule has 1 heterocycles. The summed E-state index contributed by atoms with van der Waals surface area (Å²) in [5, 5.41) is 12.4. The lowest BCUT2D eigenvalue weighted by Crippen LogP contribution is -2.46. The van der Waals surface area contributed by atoms with Crippen LogP contribution in [0.25, 0.3) is 0 Å². The largest absolute Gasteiger partial charge is 0.327 e. The molecule has 0 saturated carbocycles. The normalized spacial score (nSPS) is 17.9. The minimum Gasteiger partial charge on any atom is -0.327 e. The van der Waals surface area contributed by atoms with Crippen molar-refractivity contribution >= 4 is 24.2 Å². The molecule has 1 aliphatic heterocycles. The summed E-state index contributed by atoms with van der Waals surface area (Å²) in [5.74, 6) is -0.409. The number of anilines is 1. The Morgan fingerprint density at radius 2 is 1.64 bits per heavy atom. The van der Waals surface area contributed by atoms with Gasteiger partial charge in [0.05, 0.1) is 5.03 Å². The Bertz CT molecular complexity index is 765. The molecule has 1 N–H and O–H groups in total. The van der Waals surface area contributed by atoms with Crippen molar-refractivity contribution in [2.75, 3.05) is 4.90 Å². The van der Waals surface area contributed by atoms with E-state index in [1.165, 1.54) is 0 Å². The molecule has 0 aliphatic carbocycles. The summed E-state index contributed by atoms with van der Waals surface area (Å²) in [7, 11) is 0. The second kappa shape index (κ2) is 5.96. The highest BCUT2D eigenvalue weighted by Gasteiger charge is 2.33. The lowest BCUT2D eigenvalue weighted by molar-refractivity contribution is -0.118. The van der Waals surface area contributed by atoms with E-state index in [4.69, 9.17) is 0 Å². The molecule has 22 heavy (non-hydrogen) atoms. The van der Waals surface area contributed by atoms with Crippen LogP contribution in [0.2, 0.25) is 0 Å². The monoisotopic (exact) mass is 307 g/mol. The number of rotatable bonds is 2. The molecule has 0 aromatic heterocycles. The van der Waals surface area contributed by atoms with E-state index < -0.39 is 12.1 Å². The first kappa shape index (κ1) is 14.2. The van der Waals surface area contributed by atoms with Gasteiger partial charge >= 0.3 is 0 Å². The molecule has 0 unspecified atom stereocenters. The van der Waals surface area contributed by atoms with Gasteiger partial charge < -0.3 is 10.2 Å². The molecule has 0 saturated heterocycles. The van der Waals surface area contributed by atoms with E-state index in [-0.39, 0.29) is 5.57 Å². The first-order chi connectivity index (χ1) is 10.7. The maximum atomic E-state index is 12.1. The molecule has 5 heteroatoms. The van der Waals surface area contributed by atoms with Crippen LogP contribution in [0, 0.1) is 11.3 Å². The standard InChI is InChI=1S/C17H13N3OS/c18-11-14-16(21)19-15(12-7-3-1-4-8-12)20(17(14)22)13-9-5-2-6-10-13/h1-10,15,22H,(H,19,21)/t15-/m1/s1. The van der Waals surface area contributed by atoms with Crippen LogP contribution >= 0.6 is 12.6 Å². The number of nitrogens with zero attached hydrogens (tertiary/aromatic N) is 2. The van der Waals surface area contributed by atoms with Gasteiger partial charge in [0.25, 0.3) is 5.91 Å². The van der Waals surface area contributed by atoms with Crippen molar-refractivity contribution in [3.05, 3.63) is 76.8 Å². The van der Waals surface area contributed by atoms with E-state index in [0.717, 1.165) is 11.3 Å². The third kappa shape index (κ3) is 2.45. The van der Waals surface area contributed by atoms with Gasteiger partial charge in [-0.05, 0) is 17.7 Å². The van der Waals surface area contributed by atoms with Gasteiger partial charge in [-0.15, -0.1) is 12.6 Å². The topological polar surface area (TPSA) is 56.1 Å². The number of para-hydroxylation sites is 1. The van der Waals surface area contributed by atoms with Gasteiger partial charge in [-0.3, -0.25) is 4.79 Å². The van der Waals surface area contributed by atoms with Gasteiger partial charge in [0.15, 0.2) is 0 Å². The average Bonchev–Trinajstić information content (AvgIpc) is 2.56. The van der Waals surface area contributed by atoms with Crippen molar-refractivity contribution in [3.8, 4) is 6.07 Å². The molecule has 3 rings (SSSR count). The summed E-state index contributed by atoms with van der Waals surface area (Å²) in [6.07, 6.45) is -0.402. The Labute approximate surface area is 134 Å². The molecule has 108 valence electrons. The lowest BCUT2D eigenvalue weighted by atomic mass is 10.1. The second-order valence-electron chi connectivity index (χ2n) is 4.80. The molecule has 2 aromatic rings. The molecule has 4 nitrogen and oxygen atoms in total. The molecular weight excluding hydrogens is 294 g/mol. The zero-order valence-electron chi connectivity index (χ0n) is 11.6. The van der Waals surface area contributed by atoms with Crippen molar-refractivity contribution < 1.29 is 4.79 Å². The highest BCUT2D eigenvalue weighted by molar-refractivity contribution is 7.84. The highest BCUT2D eigenvalue weighted by Crippen LogP contribution is 2.35. The van der Waals surface area contributed by atoms with E-state index in [1.807, 2.05) is 71.6 Å². The van der Waals surface area contributed by atoms with Crippen LogP contribution in [0.3, 0.4) is 0 Å². The molecule has 2 aromatic carbocycles. The van der Waals surface area contributed by atoms with Crippen molar-refractivity contribution in [1.29, 1.82) is 5.26 Å².